The van der Waals surface area contributed by atoms with Crippen LogP contribution in [0.15, 0.2) is 91.5 Å². The van der Waals surface area contributed by atoms with E-state index in [4.69, 9.17) is 35.5 Å². The zero-order valence-electron chi connectivity index (χ0n) is 40.5. The first-order valence-corrected chi connectivity index (χ1v) is 24.1. The van der Waals surface area contributed by atoms with Crippen molar-refractivity contribution in [3.8, 4) is 11.8 Å². The molecule has 0 radical (unpaired) electrons. The average molecular weight is 1060 g/mol. The lowest BCUT2D eigenvalue weighted by Crippen LogP contribution is -2.59. The highest BCUT2D eigenvalue weighted by Crippen LogP contribution is 2.40. The number of benzene rings is 2. The van der Waals surface area contributed by atoms with Crippen molar-refractivity contribution >= 4 is 85.0 Å². The van der Waals surface area contributed by atoms with Gasteiger partial charge < -0.3 is 55.3 Å². The number of nitrogens with one attached hydrogen (secondary N) is 3. The Labute approximate surface area is 430 Å². The number of hydrogen-bond acceptors (Lipinski definition) is 15. The molecule has 4 aliphatic rings. The summed E-state index contributed by atoms with van der Waals surface area (Å²) in [5.41, 5.74) is 16.7. The van der Waals surface area contributed by atoms with E-state index < -0.39 is 57.4 Å². The Hall–Kier alpha value is -8.97. The molecular formula is C52H46F4N10O11. The van der Waals surface area contributed by atoms with Gasteiger partial charge in [-0.15, -0.1) is 0 Å². The number of nitrogens with zero attached hydrogens (tertiary/aromatic N) is 4. The first kappa shape index (κ1) is 51.5. The number of halogens is 4. The Morgan fingerprint density at radius 2 is 1.13 bits per heavy atom. The van der Waals surface area contributed by atoms with Crippen molar-refractivity contribution in [2.45, 2.75) is 81.1 Å². The van der Waals surface area contributed by atoms with Crippen molar-refractivity contribution in [3.05, 3.63) is 129 Å². The third-order valence-electron chi connectivity index (χ3n) is 14.4. The summed E-state index contributed by atoms with van der Waals surface area (Å²) in [5.74, 6) is -3.24. The molecule has 21 nitrogen and oxygen atoms in total. The van der Waals surface area contributed by atoms with Crippen LogP contribution in [0.25, 0.3) is 43.7 Å². The maximum absolute atomic E-state index is 13.9. The number of anilines is 2. The highest BCUT2D eigenvalue weighted by Gasteiger charge is 2.45. The minimum atomic E-state index is -1.06. The lowest BCUT2D eigenvalue weighted by atomic mass is 9.78. The van der Waals surface area contributed by atoms with Crippen molar-refractivity contribution in [2.24, 2.45) is 17.2 Å². The summed E-state index contributed by atoms with van der Waals surface area (Å²) in [5, 5.41) is 4.61. The number of hydrogen-bond donors (Lipinski definition) is 6. The van der Waals surface area contributed by atoms with E-state index in [9.17, 15) is 51.1 Å². The predicted octanol–water partition coefficient (Wildman–Crippen LogP) is 4.93. The third kappa shape index (κ3) is 9.92. The number of aromatic amines is 2. The first-order chi connectivity index (χ1) is 36.8. The van der Waals surface area contributed by atoms with E-state index in [0.717, 1.165) is 12.4 Å². The summed E-state index contributed by atoms with van der Waals surface area (Å²) < 4.78 is 75.2. The number of fused-ring (bicyclic) bond motifs is 8. The highest BCUT2D eigenvalue weighted by molar-refractivity contribution is 6.05. The van der Waals surface area contributed by atoms with Crippen LogP contribution in [0.4, 0.5) is 28.9 Å². The largest absolute Gasteiger partial charge is 0.466 e. The minimum absolute atomic E-state index is 0.133. The van der Waals surface area contributed by atoms with Gasteiger partial charge in [0.05, 0.1) is 51.0 Å². The Morgan fingerprint density at radius 3 is 1.61 bits per heavy atom. The Balaban J connectivity index is 0.000000145. The molecule has 398 valence electrons. The van der Waals surface area contributed by atoms with E-state index in [0.29, 0.717) is 90.8 Å². The number of carbonyl (C=O) groups excluding carboxylic acids is 5. The number of carbonyl (C=O) groups is 5. The van der Waals surface area contributed by atoms with Crippen LogP contribution in [0.1, 0.15) is 67.5 Å². The van der Waals surface area contributed by atoms with Crippen molar-refractivity contribution < 1.29 is 59.8 Å². The zero-order valence-corrected chi connectivity index (χ0v) is 40.5. The van der Waals surface area contributed by atoms with Gasteiger partial charge in [0, 0.05) is 47.2 Å². The van der Waals surface area contributed by atoms with Crippen LogP contribution in [0.5, 0.6) is 11.8 Å². The van der Waals surface area contributed by atoms with Gasteiger partial charge in [0.2, 0.25) is 23.6 Å². The fourth-order valence-corrected chi connectivity index (χ4v) is 10.4. The van der Waals surface area contributed by atoms with Crippen LogP contribution < -0.4 is 53.0 Å². The molecule has 8 heterocycles. The van der Waals surface area contributed by atoms with Gasteiger partial charge in [-0.3, -0.25) is 29.3 Å². The monoisotopic (exact) mass is 1060 g/mol. The Kier molecular flexibility index (Phi) is 13.6. The topological polar surface area (TPSA) is 318 Å². The molecule has 8 aromatic rings. The van der Waals surface area contributed by atoms with Crippen LogP contribution in [0, 0.1) is 23.3 Å². The van der Waals surface area contributed by atoms with Crippen LogP contribution >= 0.6 is 0 Å². The van der Waals surface area contributed by atoms with Gasteiger partial charge in [-0.25, -0.2) is 37.1 Å². The van der Waals surface area contributed by atoms with Crippen molar-refractivity contribution in [1.29, 1.82) is 0 Å². The molecule has 2 aliphatic heterocycles. The van der Waals surface area contributed by atoms with Gasteiger partial charge in [-0.05, 0) is 99.9 Å². The molecule has 9 N–H and O–H groups in total. The number of primary amides is 2. The molecule has 6 aromatic heterocycles. The van der Waals surface area contributed by atoms with E-state index >= 15 is 0 Å². The minimum Gasteiger partial charge on any atom is -0.466 e. The number of ether oxygens (including phenoxy) is 2. The number of rotatable bonds is 8. The van der Waals surface area contributed by atoms with E-state index in [1.165, 1.54) is 64.4 Å². The summed E-state index contributed by atoms with van der Waals surface area (Å²) in [7, 11) is 0. The van der Waals surface area contributed by atoms with Gasteiger partial charge in [0.1, 0.15) is 45.8 Å². The quantitative estimate of drug-likeness (QED) is 0.0668. The van der Waals surface area contributed by atoms with Gasteiger partial charge in [0.15, 0.2) is 19.5 Å². The van der Waals surface area contributed by atoms with E-state index in [2.05, 4.69) is 25.3 Å². The molecular weight excluding hydrogens is 1020 g/mol. The van der Waals surface area contributed by atoms with Crippen LogP contribution in [-0.4, -0.2) is 86.2 Å². The molecule has 0 spiro atoms. The van der Waals surface area contributed by atoms with E-state index in [-0.39, 0.29) is 88.7 Å². The molecule has 2 fully saturated rings. The second-order valence-corrected chi connectivity index (χ2v) is 19.1. The van der Waals surface area contributed by atoms with Crippen LogP contribution in [0.3, 0.4) is 0 Å². The number of H-pyrrole nitrogens is 2. The molecule has 0 unspecified atom stereocenters. The SMILES string of the molecule is NC(=O)C1(N)CCC(N2C(=O)COc3ncc(F)cc32)CC1.NC(=O)C1(NCc2cc3c(=O)oc4ccc(F)cc4c3[nH]2)CCC(N2C(=O)COc3ncc(F)cc32)CC1.O=Cc1cc2c(=O)oc3ccc(F)cc3c2[nH]1. The molecule has 77 heavy (non-hydrogen) atoms. The molecule has 25 heteroatoms. The first-order valence-electron chi connectivity index (χ1n) is 24.1. The van der Waals surface area contributed by atoms with E-state index in [1.54, 1.807) is 6.07 Å². The Bertz CT molecular complexity index is 3820. The summed E-state index contributed by atoms with van der Waals surface area (Å²) >= 11 is 0. The fraction of sp³-hybridized carbons (Fsp3) is 0.288. The van der Waals surface area contributed by atoms with Gasteiger partial charge in [-0.1, -0.05) is 0 Å². The fourth-order valence-electron chi connectivity index (χ4n) is 10.4. The van der Waals surface area contributed by atoms with Crippen molar-refractivity contribution in [2.75, 3.05) is 23.0 Å². The maximum atomic E-state index is 13.9. The number of aldehydes is 1. The average Bonchev–Trinajstić information content (AvgIpc) is 4.06. The second kappa shape index (κ2) is 20.3. The summed E-state index contributed by atoms with van der Waals surface area (Å²) in [6, 6.07) is 12.7. The second-order valence-electron chi connectivity index (χ2n) is 19.1. The molecule has 2 aromatic carbocycles. The number of aromatic nitrogens is 4. The van der Waals surface area contributed by atoms with Crippen LogP contribution in [0.2, 0.25) is 0 Å². The Morgan fingerprint density at radius 1 is 0.649 bits per heavy atom. The maximum Gasteiger partial charge on any atom is 0.345 e. The molecule has 0 atom stereocenters. The normalized spacial score (nSPS) is 21.1. The number of nitrogens with two attached hydrogens (primary N) is 3. The van der Waals surface area contributed by atoms with Crippen LogP contribution in [-0.2, 0) is 25.7 Å². The molecule has 12 rings (SSSR count). The van der Waals surface area contributed by atoms with Gasteiger partial charge in [-0.2, -0.15) is 0 Å². The highest BCUT2D eigenvalue weighted by atomic mass is 19.1. The lowest BCUT2D eigenvalue weighted by molar-refractivity contribution is -0.126. The van der Waals surface area contributed by atoms with Gasteiger partial charge in [0.25, 0.3) is 11.8 Å². The predicted molar refractivity (Wildman–Crippen MR) is 268 cm³/mol. The number of pyridine rings is 2. The molecule has 2 saturated carbocycles. The zero-order chi connectivity index (χ0) is 54.5. The lowest BCUT2D eigenvalue weighted by Gasteiger charge is -2.43. The number of amides is 4. The summed E-state index contributed by atoms with van der Waals surface area (Å²) in [6.07, 6.45) is 5.97. The molecule has 0 saturated heterocycles. The van der Waals surface area contributed by atoms with Crippen molar-refractivity contribution in [1.82, 2.24) is 25.3 Å². The van der Waals surface area contributed by atoms with Gasteiger partial charge >= 0.3 is 11.3 Å². The molecule has 4 amide bonds. The van der Waals surface area contributed by atoms with E-state index in [1.807, 2.05) is 0 Å². The molecule has 0 bridgehead atoms. The summed E-state index contributed by atoms with van der Waals surface area (Å²) in [6.45, 7) is -0.160. The smallest absolute Gasteiger partial charge is 0.345 e. The van der Waals surface area contributed by atoms with Crippen molar-refractivity contribution in [3.63, 3.8) is 0 Å². The molecule has 2 aliphatic carbocycles. The third-order valence-corrected chi connectivity index (χ3v) is 14.4. The standard InChI is InChI=1S/C26H23F2N5O5.C14H17FN4O3.C12H6FNO3/c27-13-1-2-20-17(7-13)22-18(24(35)38-20)9-15(32-22)11-31-26(25(29)36)5-3-16(4-6-26)33-19-8-14(28)10-30-23(19)37-12-21(33)34;15-8-5-10-12(18-6-8)22-7-11(20)19(10)9-1-3-14(17,4-2-9)13(16)21;13-6-1-2-10-8(3-6)11-9(12(16)17-10)4-7(5-15)14-11/h1-2,7-10,16,31-32H,3-6,11-12H2,(H2,29,36);5-6,9H,1-4,7,17H2,(H2,16,21);1-5,14H. The summed E-state index contributed by atoms with van der Waals surface area (Å²) in [4.78, 5) is 100.